The Kier molecular flexibility index (Phi) is 6.57. The molecule has 2 aromatic carbocycles. The van der Waals surface area contributed by atoms with E-state index >= 15 is 0 Å². The predicted octanol–water partition coefficient (Wildman–Crippen LogP) is 2.50. The number of amides is 2. The average molecular weight is 484 g/mol. The zero-order valence-corrected chi connectivity index (χ0v) is 19.4. The van der Waals surface area contributed by atoms with Gasteiger partial charge in [0.1, 0.15) is 0 Å². The monoisotopic (exact) mass is 483 g/mol. The molecular weight excluding hydrogens is 458 g/mol. The molecule has 1 atom stereocenters. The van der Waals surface area contributed by atoms with Crippen LogP contribution < -0.4 is 11.1 Å². The molecule has 36 heavy (non-hydrogen) atoms. The second kappa shape index (κ2) is 10.1. The lowest BCUT2D eigenvalue weighted by atomic mass is 9.97. The predicted molar refractivity (Wildman–Crippen MR) is 132 cm³/mol. The highest BCUT2D eigenvalue weighted by Gasteiger charge is 2.51. The van der Waals surface area contributed by atoms with Gasteiger partial charge in [-0.2, -0.15) is 5.10 Å². The largest absolute Gasteiger partial charge is 0.365 e. The van der Waals surface area contributed by atoms with Crippen molar-refractivity contribution in [3.05, 3.63) is 102 Å². The van der Waals surface area contributed by atoms with Crippen molar-refractivity contribution in [2.75, 3.05) is 13.2 Å². The molecule has 3 N–H and O–H groups in total. The van der Waals surface area contributed by atoms with Crippen LogP contribution in [-0.4, -0.2) is 51.6 Å². The summed E-state index contributed by atoms with van der Waals surface area (Å²) in [5, 5.41) is 7.53. The zero-order chi connectivity index (χ0) is 25.0. The summed E-state index contributed by atoms with van der Waals surface area (Å²) in [4.78, 5) is 30.5. The molecule has 1 aliphatic heterocycles. The van der Waals surface area contributed by atoms with E-state index in [2.05, 4.69) is 15.4 Å². The molecule has 0 bridgehead atoms. The van der Waals surface area contributed by atoms with Gasteiger partial charge in [0.05, 0.1) is 30.5 Å². The minimum Gasteiger partial charge on any atom is -0.365 e. The second-order valence-corrected chi connectivity index (χ2v) is 8.33. The van der Waals surface area contributed by atoms with E-state index in [0.717, 1.165) is 16.8 Å². The van der Waals surface area contributed by atoms with Gasteiger partial charge in [-0.05, 0) is 30.2 Å². The number of pyridine rings is 1. The molecule has 0 spiro atoms. The maximum atomic E-state index is 13.6. The molecule has 1 fully saturated rings. The van der Waals surface area contributed by atoms with Crippen LogP contribution in [0.5, 0.6) is 0 Å². The second-order valence-electron chi connectivity index (χ2n) is 8.33. The Hall–Kier alpha value is -4.34. The molecule has 182 valence electrons. The quantitative estimate of drug-likeness (QED) is 0.397. The van der Waals surface area contributed by atoms with Gasteiger partial charge in [0, 0.05) is 18.0 Å². The van der Waals surface area contributed by atoms with Gasteiger partial charge in [-0.3, -0.25) is 9.59 Å². The molecule has 2 aromatic heterocycles. The summed E-state index contributed by atoms with van der Waals surface area (Å²) in [7, 11) is 0. The molecule has 5 rings (SSSR count). The highest BCUT2D eigenvalue weighted by Crippen LogP contribution is 2.27. The van der Waals surface area contributed by atoms with E-state index in [1.165, 1.54) is 0 Å². The van der Waals surface area contributed by atoms with E-state index in [-0.39, 0.29) is 25.2 Å². The number of hydrogen-bond acceptors (Lipinski definition) is 6. The summed E-state index contributed by atoms with van der Waals surface area (Å²) >= 11 is 0. The number of primary amides is 1. The van der Waals surface area contributed by atoms with E-state index in [1.807, 2.05) is 66.7 Å². The molecule has 2 amide bonds. The molecule has 9 nitrogen and oxygen atoms in total. The maximum absolute atomic E-state index is 13.6. The van der Waals surface area contributed by atoms with Crippen molar-refractivity contribution >= 4 is 11.8 Å². The minimum atomic E-state index is -1.78. The number of nitrogens with one attached hydrogen (secondary N) is 1. The topological polar surface area (TPSA) is 121 Å². The molecule has 3 heterocycles. The highest BCUT2D eigenvalue weighted by atomic mass is 16.7. The molecule has 1 aliphatic rings. The first-order valence-corrected chi connectivity index (χ1v) is 11.6. The molecule has 1 saturated heterocycles. The number of carbonyl (C=O) groups is 2. The summed E-state index contributed by atoms with van der Waals surface area (Å²) in [5.41, 5.74) is 8.56. The van der Waals surface area contributed by atoms with Gasteiger partial charge < -0.3 is 20.5 Å². The van der Waals surface area contributed by atoms with Crippen LogP contribution in [0.4, 0.5) is 0 Å². The Balaban J connectivity index is 1.46. The molecule has 0 aliphatic carbocycles. The summed E-state index contributed by atoms with van der Waals surface area (Å²) in [5.74, 6) is -2.69. The third-order valence-electron chi connectivity index (χ3n) is 6.01. The number of hydrogen-bond donors (Lipinski definition) is 2. The Morgan fingerprint density at radius 2 is 1.67 bits per heavy atom. The van der Waals surface area contributed by atoms with Crippen molar-refractivity contribution in [3.8, 4) is 17.1 Å². The van der Waals surface area contributed by atoms with Crippen LogP contribution >= 0.6 is 0 Å². The SMILES string of the molecule is NC(=O)C1(C(Cc2ccccc2)NC(=O)c2cccnc2-n2ccc(-c3ccccc3)n2)OCCO1. The molecular formula is C27H25N5O4. The fourth-order valence-corrected chi connectivity index (χ4v) is 4.27. The first-order chi connectivity index (χ1) is 17.6. The van der Waals surface area contributed by atoms with Crippen LogP contribution in [0.3, 0.4) is 0 Å². The maximum Gasteiger partial charge on any atom is 0.280 e. The van der Waals surface area contributed by atoms with Gasteiger partial charge in [0.25, 0.3) is 17.6 Å². The summed E-state index contributed by atoms with van der Waals surface area (Å²) in [6.07, 6.45) is 3.60. The van der Waals surface area contributed by atoms with Gasteiger partial charge in [0.15, 0.2) is 5.82 Å². The van der Waals surface area contributed by atoms with E-state index in [1.54, 1.807) is 29.2 Å². The van der Waals surface area contributed by atoms with Gasteiger partial charge in [-0.15, -0.1) is 0 Å². The number of benzene rings is 2. The average Bonchev–Trinajstić information content (AvgIpc) is 3.61. The number of nitrogens with zero attached hydrogens (tertiary/aromatic N) is 3. The number of carbonyl (C=O) groups excluding carboxylic acids is 2. The molecule has 4 aromatic rings. The normalized spacial score (nSPS) is 15.3. The van der Waals surface area contributed by atoms with E-state index < -0.39 is 23.6 Å². The lowest BCUT2D eigenvalue weighted by Gasteiger charge is -2.33. The van der Waals surface area contributed by atoms with Crippen LogP contribution in [0.2, 0.25) is 0 Å². The van der Waals surface area contributed by atoms with Gasteiger partial charge in [-0.1, -0.05) is 60.7 Å². The number of rotatable bonds is 8. The van der Waals surface area contributed by atoms with Crippen molar-refractivity contribution in [3.63, 3.8) is 0 Å². The minimum absolute atomic E-state index is 0.192. The molecule has 1 unspecified atom stereocenters. The van der Waals surface area contributed by atoms with Crippen LogP contribution in [0.15, 0.2) is 91.3 Å². The van der Waals surface area contributed by atoms with Crippen molar-refractivity contribution in [2.45, 2.75) is 18.2 Å². The fraction of sp³-hybridized carbons (Fsp3) is 0.185. The highest BCUT2D eigenvalue weighted by molar-refractivity contribution is 5.98. The summed E-state index contributed by atoms with van der Waals surface area (Å²) in [6.45, 7) is 0.385. The fourth-order valence-electron chi connectivity index (χ4n) is 4.27. The lowest BCUT2D eigenvalue weighted by molar-refractivity contribution is -0.189. The van der Waals surface area contributed by atoms with E-state index in [4.69, 9.17) is 15.2 Å². The Morgan fingerprint density at radius 3 is 2.36 bits per heavy atom. The van der Waals surface area contributed by atoms with Crippen molar-refractivity contribution in [1.29, 1.82) is 0 Å². The van der Waals surface area contributed by atoms with Crippen LogP contribution in [-0.2, 0) is 20.7 Å². The van der Waals surface area contributed by atoms with Crippen molar-refractivity contribution in [2.24, 2.45) is 5.73 Å². The van der Waals surface area contributed by atoms with Gasteiger partial charge >= 0.3 is 0 Å². The van der Waals surface area contributed by atoms with Crippen molar-refractivity contribution < 1.29 is 19.1 Å². The number of ether oxygens (including phenoxy) is 2. The summed E-state index contributed by atoms with van der Waals surface area (Å²) < 4.78 is 12.9. The Labute approximate surface area is 207 Å². The Bertz CT molecular complexity index is 1350. The first kappa shape index (κ1) is 23.4. The van der Waals surface area contributed by atoms with Crippen molar-refractivity contribution in [1.82, 2.24) is 20.1 Å². The van der Waals surface area contributed by atoms with Crippen LogP contribution in [0.25, 0.3) is 17.1 Å². The van der Waals surface area contributed by atoms with E-state index in [9.17, 15) is 9.59 Å². The molecule has 0 saturated carbocycles. The zero-order valence-electron chi connectivity index (χ0n) is 19.4. The molecule has 9 heteroatoms. The number of aromatic nitrogens is 3. The first-order valence-electron chi connectivity index (χ1n) is 11.6. The smallest absolute Gasteiger partial charge is 0.280 e. The summed E-state index contributed by atoms with van der Waals surface area (Å²) in [6, 6.07) is 23.4. The standard InChI is InChI=1S/C27H25N5O4/c28-26(34)27(35-16-17-36-27)23(18-19-8-3-1-4-9-19)30-25(33)21-12-7-14-29-24(21)32-15-13-22(31-32)20-10-5-2-6-11-20/h1-15,23H,16-18H2,(H2,28,34)(H,30,33). The third-order valence-corrected chi connectivity index (χ3v) is 6.01. The van der Waals surface area contributed by atoms with Gasteiger partial charge in [0.2, 0.25) is 0 Å². The third kappa shape index (κ3) is 4.61. The van der Waals surface area contributed by atoms with E-state index in [0.29, 0.717) is 5.82 Å². The Morgan fingerprint density at radius 1 is 0.972 bits per heavy atom. The van der Waals surface area contributed by atoms with Gasteiger partial charge in [-0.25, -0.2) is 9.67 Å². The lowest BCUT2D eigenvalue weighted by Crippen LogP contribution is -2.61. The molecule has 0 radical (unpaired) electrons. The number of nitrogens with two attached hydrogens (primary N) is 1. The van der Waals surface area contributed by atoms with Crippen LogP contribution in [0.1, 0.15) is 15.9 Å². The van der Waals surface area contributed by atoms with Crippen LogP contribution in [0, 0.1) is 0 Å².